The van der Waals surface area contributed by atoms with Crippen LogP contribution in [0.15, 0.2) is 23.7 Å². The summed E-state index contributed by atoms with van der Waals surface area (Å²) in [4.78, 5) is 0. The van der Waals surface area contributed by atoms with Gasteiger partial charge in [0.25, 0.3) is 0 Å². The Morgan fingerprint density at radius 2 is 1.29 bits per heavy atom. The molecule has 0 amide bonds. The molecular weight excluding hydrogens is 224 g/mol. The van der Waals surface area contributed by atoms with Gasteiger partial charge in [0.15, 0.2) is 0 Å². The van der Waals surface area contributed by atoms with E-state index < -0.39 is 12.2 Å². The van der Waals surface area contributed by atoms with Crippen molar-refractivity contribution in [2.45, 2.75) is 38.9 Å². The summed E-state index contributed by atoms with van der Waals surface area (Å²) in [6.45, 7) is 2.86. The SMILES string of the molecule is CC=C(CC(O)CO)OC(=CC)CC(O)CO. The molecule has 0 aliphatic carbocycles. The van der Waals surface area contributed by atoms with Crippen molar-refractivity contribution in [3.8, 4) is 0 Å². The van der Waals surface area contributed by atoms with E-state index in [9.17, 15) is 10.2 Å². The summed E-state index contributed by atoms with van der Waals surface area (Å²) in [5.41, 5.74) is 0. The summed E-state index contributed by atoms with van der Waals surface area (Å²) < 4.78 is 5.47. The first-order chi connectivity index (χ1) is 8.07. The van der Waals surface area contributed by atoms with Gasteiger partial charge in [0.05, 0.1) is 25.4 Å². The van der Waals surface area contributed by atoms with Crippen molar-refractivity contribution in [3.63, 3.8) is 0 Å². The Morgan fingerprint density at radius 3 is 1.53 bits per heavy atom. The van der Waals surface area contributed by atoms with E-state index in [2.05, 4.69) is 0 Å². The van der Waals surface area contributed by atoms with E-state index in [1.165, 1.54) is 0 Å². The second kappa shape index (κ2) is 9.18. The molecule has 5 nitrogen and oxygen atoms in total. The molecule has 0 fully saturated rings. The summed E-state index contributed by atoms with van der Waals surface area (Å²) >= 11 is 0. The minimum atomic E-state index is -0.859. The van der Waals surface area contributed by atoms with Crippen LogP contribution in [0.25, 0.3) is 0 Å². The van der Waals surface area contributed by atoms with Crippen molar-refractivity contribution in [2.75, 3.05) is 13.2 Å². The fourth-order valence-electron chi connectivity index (χ4n) is 1.20. The largest absolute Gasteiger partial charge is 0.467 e. The van der Waals surface area contributed by atoms with Crippen molar-refractivity contribution in [3.05, 3.63) is 23.7 Å². The molecule has 0 aliphatic rings. The minimum Gasteiger partial charge on any atom is -0.467 e. The molecule has 0 aromatic carbocycles. The van der Waals surface area contributed by atoms with Crippen LogP contribution in [0.3, 0.4) is 0 Å². The van der Waals surface area contributed by atoms with Gasteiger partial charge >= 0.3 is 0 Å². The van der Waals surface area contributed by atoms with Gasteiger partial charge in [0.1, 0.15) is 11.5 Å². The first kappa shape index (κ1) is 16.1. The highest BCUT2D eigenvalue weighted by Crippen LogP contribution is 2.16. The molecule has 0 aromatic heterocycles. The van der Waals surface area contributed by atoms with Crippen LogP contribution in [0.4, 0.5) is 0 Å². The fourth-order valence-corrected chi connectivity index (χ4v) is 1.20. The summed E-state index contributed by atoms with van der Waals surface area (Å²) in [6, 6.07) is 0. The quantitative estimate of drug-likeness (QED) is 0.462. The van der Waals surface area contributed by atoms with E-state index in [-0.39, 0.29) is 26.1 Å². The molecule has 5 heteroatoms. The van der Waals surface area contributed by atoms with Crippen molar-refractivity contribution in [2.24, 2.45) is 0 Å². The van der Waals surface area contributed by atoms with Crippen LogP contribution in [0.2, 0.25) is 0 Å². The maximum Gasteiger partial charge on any atom is 0.102 e. The maximum absolute atomic E-state index is 9.29. The first-order valence-corrected chi connectivity index (χ1v) is 5.63. The van der Waals surface area contributed by atoms with Crippen molar-refractivity contribution in [1.29, 1.82) is 0 Å². The third-order valence-corrected chi connectivity index (χ3v) is 2.20. The molecule has 0 saturated heterocycles. The van der Waals surface area contributed by atoms with Gasteiger partial charge in [-0.1, -0.05) is 0 Å². The molecule has 0 radical (unpaired) electrons. The molecular formula is C12H22O5. The standard InChI is InChI=1S/C12H22O5/c1-3-11(5-9(15)7-13)17-12(4-2)6-10(16)8-14/h3-4,9-10,13-16H,5-8H2,1-2H3. The Balaban J connectivity index is 4.34. The van der Waals surface area contributed by atoms with Gasteiger partial charge in [-0.05, 0) is 26.0 Å². The molecule has 0 bridgehead atoms. The molecule has 2 atom stereocenters. The second-order valence-electron chi connectivity index (χ2n) is 3.69. The third kappa shape index (κ3) is 7.12. The number of hydrogen-bond donors (Lipinski definition) is 4. The van der Waals surface area contributed by atoms with Crippen LogP contribution in [-0.4, -0.2) is 45.8 Å². The molecule has 0 rings (SSSR count). The predicted octanol–water partition coefficient (Wildman–Crippen LogP) is 0.297. The van der Waals surface area contributed by atoms with Gasteiger partial charge < -0.3 is 25.2 Å². The molecule has 2 unspecified atom stereocenters. The summed E-state index contributed by atoms with van der Waals surface area (Å²) in [5, 5.41) is 36.1. The molecule has 0 aliphatic heterocycles. The lowest BCUT2D eigenvalue weighted by Gasteiger charge is -2.16. The molecule has 0 saturated carbocycles. The highest BCUT2D eigenvalue weighted by atomic mass is 16.5. The Labute approximate surface area is 102 Å². The van der Waals surface area contributed by atoms with Crippen LogP contribution in [0.5, 0.6) is 0 Å². The summed E-state index contributed by atoms with van der Waals surface area (Å²) in [7, 11) is 0. The zero-order chi connectivity index (χ0) is 13.3. The summed E-state index contributed by atoms with van der Waals surface area (Å²) in [6.07, 6.45) is 2.07. The molecule has 100 valence electrons. The average molecular weight is 246 g/mol. The van der Waals surface area contributed by atoms with E-state index >= 15 is 0 Å². The Morgan fingerprint density at radius 1 is 0.941 bits per heavy atom. The highest BCUT2D eigenvalue weighted by molar-refractivity contribution is 5.02. The van der Waals surface area contributed by atoms with E-state index in [1.807, 2.05) is 0 Å². The highest BCUT2D eigenvalue weighted by Gasteiger charge is 2.11. The zero-order valence-electron chi connectivity index (χ0n) is 10.3. The van der Waals surface area contributed by atoms with Crippen molar-refractivity contribution in [1.82, 2.24) is 0 Å². The Hall–Kier alpha value is -0.880. The lowest BCUT2D eigenvalue weighted by Crippen LogP contribution is -2.16. The third-order valence-electron chi connectivity index (χ3n) is 2.20. The monoisotopic (exact) mass is 246 g/mol. The normalized spacial score (nSPS) is 16.8. The smallest absolute Gasteiger partial charge is 0.102 e. The second-order valence-corrected chi connectivity index (χ2v) is 3.69. The van der Waals surface area contributed by atoms with E-state index in [1.54, 1.807) is 26.0 Å². The van der Waals surface area contributed by atoms with E-state index in [0.29, 0.717) is 11.5 Å². The topological polar surface area (TPSA) is 90.2 Å². The van der Waals surface area contributed by atoms with Gasteiger partial charge in [0.2, 0.25) is 0 Å². The minimum absolute atomic E-state index is 0.208. The zero-order valence-corrected chi connectivity index (χ0v) is 10.3. The van der Waals surface area contributed by atoms with Gasteiger partial charge in [-0.3, -0.25) is 0 Å². The molecule has 17 heavy (non-hydrogen) atoms. The summed E-state index contributed by atoms with van der Waals surface area (Å²) in [5.74, 6) is 1.04. The molecule has 0 aromatic rings. The number of aliphatic hydroxyl groups is 4. The maximum atomic E-state index is 9.29. The average Bonchev–Trinajstić information content (AvgIpc) is 2.36. The van der Waals surface area contributed by atoms with E-state index in [4.69, 9.17) is 14.9 Å². The van der Waals surface area contributed by atoms with Crippen molar-refractivity contribution < 1.29 is 25.2 Å². The number of allylic oxidation sites excluding steroid dienone is 2. The molecule has 4 N–H and O–H groups in total. The van der Waals surface area contributed by atoms with Crippen molar-refractivity contribution >= 4 is 0 Å². The fraction of sp³-hybridized carbons (Fsp3) is 0.667. The van der Waals surface area contributed by atoms with Gasteiger partial charge in [0, 0.05) is 12.8 Å². The lowest BCUT2D eigenvalue weighted by molar-refractivity contribution is 0.0703. The van der Waals surface area contributed by atoms with Crippen LogP contribution in [-0.2, 0) is 4.74 Å². The van der Waals surface area contributed by atoms with Gasteiger partial charge in [-0.2, -0.15) is 0 Å². The van der Waals surface area contributed by atoms with Crippen LogP contribution in [0.1, 0.15) is 26.7 Å². The Kier molecular flexibility index (Phi) is 8.71. The first-order valence-electron chi connectivity index (χ1n) is 5.63. The Bertz CT molecular complexity index is 234. The van der Waals surface area contributed by atoms with Crippen LogP contribution in [0, 0.1) is 0 Å². The number of hydrogen-bond acceptors (Lipinski definition) is 5. The number of rotatable bonds is 8. The molecule has 0 spiro atoms. The predicted molar refractivity (Wildman–Crippen MR) is 64.0 cm³/mol. The van der Waals surface area contributed by atoms with E-state index in [0.717, 1.165) is 0 Å². The number of aliphatic hydroxyl groups excluding tert-OH is 4. The van der Waals surface area contributed by atoms with Crippen LogP contribution >= 0.6 is 0 Å². The van der Waals surface area contributed by atoms with Gasteiger partial charge in [-0.25, -0.2) is 0 Å². The molecule has 0 heterocycles. The van der Waals surface area contributed by atoms with Gasteiger partial charge in [-0.15, -0.1) is 0 Å². The number of ether oxygens (including phenoxy) is 1. The lowest BCUT2D eigenvalue weighted by atomic mass is 10.2. The van der Waals surface area contributed by atoms with Crippen LogP contribution < -0.4 is 0 Å².